The van der Waals surface area contributed by atoms with Crippen LogP contribution in [0.3, 0.4) is 0 Å². The van der Waals surface area contributed by atoms with E-state index >= 15 is 0 Å². The predicted octanol–water partition coefficient (Wildman–Crippen LogP) is 1.72. The summed E-state index contributed by atoms with van der Waals surface area (Å²) in [6.07, 6.45) is 1.53. The van der Waals surface area contributed by atoms with Crippen LogP contribution in [0.5, 0.6) is 5.75 Å². The molecule has 122 valence electrons. The summed E-state index contributed by atoms with van der Waals surface area (Å²) in [5.74, 6) is 0.708. The third-order valence-corrected chi connectivity index (χ3v) is 3.35. The Morgan fingerprint density at radius 1 is 1.21 bits per heavy atom. The van der Waals surface area contributed by atoms with Crippen LogP contribution in [0.4, 0.5) is 10.6 Å². The van der Waals surface area contributed by atoms with E-state index in [0.29, 0.717) is 22.8 Å². The number of carbonyl (C=O) groups excluding carboxylic acids is 2. The molecule has 3 rings (SSSR count). The summed E-state index contributed by atoms with van der Waals surface area (Å²) < 4.78 is 6.57. The fourth-order valence-corrected chi connectivity index (χ4v) is 2.15. The molecule has 1 aromatic carbocycles. The first-order valence-corrected chi connectivity index (χ1v) is 7.14. The summed E-state index contributed by atoms with van der Waals surface area (Å²) in [5.41, 5.74) is 1.26. The monoisotopic (exact) mass is 325 g/mol. The number of aromatic nitrogens is 3. The number of fused-ring (bicyclic) bond motifs is 1. The molecule has 0 aliphatic rings. The SMILES string of the molecule is CNC(=O)Nc1cn2nc(C(=O)c3cccc(OC)c3)ccc2n1. The van der Waals surface area contributed by atoms with Crippen molar-refractivity contribution in [2.45, 2.75) is 0 Å². The van der Waals surface area contributed by atoms with Crippen molar-refractivity contribution in [1.82, 2.24) is 19.9 Å². The number of rotatable bonds is 4. The van der Waals surface area contributed by atoms with Gasteiger partial charge in [0.05, 0.1) is 13.3 Å². The number of urea groups is 1. The van der Waals surface area contributed by atoms with Gasteiger partial charge >= 0.3 is 6.03 Å². The second-order valence-electron chi connectivity index (χ2n) is 4.91. The minimum absolute atomic E-state index is 0.231. The average Bonchev–Trinajstić information content (AvgIpc) is 3.02. The predicted molar refractivity (Wildman–Crippen MR) is 87.5 cm³/mol. The summed E-state index contributed by atoms with van der Waals surface area (Å²) in [6, 6.07) is 9.73. The molecule has 0 bridgehead atoms. The Balaban J connectivity index is 1.92. The number of anilines is 1. The number of hydrogen-bond donors (Lipinski definition) is 2. The summed E-state index contributed by atoms with van der Waals surface area (Å²) in [4.78, 5) is 28.1. The lowest BCUT2D eigenvalue weighted by Crippen LogP contribution is -2.24. The maximum Gasteiger partial charge on any atom is 0.320 e. The number of ether oxygens (including phenoxy) is 1. The molecule has 2 aromatic heterocycles. The Morgan fingerprint density at radius 3 is 2.79 bits per heavy atom. The van der Waals surface area contributed by atoms with E-state index in [1.54, 1.807) is 43.5 Å². The quantitative estimate of drug-likeness (QED) is 0.712. The van der Waals surface area contributed by atoms with Gasteiger partial charge < -0.3 is 10.1 Å². The maximum atomic E-state index is 12.6. The molecule has 24 heavy (non-hydrogen) atoms. The van der Waals surface area contributed by atoms with Crippen molar-refractivity contribution in [3.63, 3.8) is 0 Å². The van der Waals surface area contributed by atoms with Crippen molar-refractivity contribution in [1.29, 1.82) is 0 Å². The van der Waals surface area contributed by atoms with Crippen LogP contribution in [0.1, 0.15) is 16.1 Å². The summed E-state index contributed by atoms with van der Waals surface area (Å²) in [6.45, 7) is 0. The fraction of sp³-hybridized carbons (Fsp3) is 0.125. The molecule has 8 heteroatoms. The van der Waals surface area contributed by atoms with E-state index in [0.717, 1.165) is 0 Å². The lowest BCUT2D eigenvalue weighted by Gasteiger charge is -2.03. The van der Waals surface area contributed by atoms with Crippen LogP contribution >= 0.6 is 0 Å². The molecule has 2 N–H and O–H groups in total. The van der Waals surface area contributed by atoms with E-state index < -0.39 is 0 Å². The van der Waals surface area contributed by atoms with Crippen LogP contribution in [-0.2, 0) is 0 Å². The second kappa shape index (κ2) is 6.37. The van der Waals surface area contributed by atoms with Gasteiger partial charge in [0.15, 0.2) is 11.5 Å². The second-order valence-corrected chi connectivity index (χ2v) is 4.91. The molecule has 0 aliphatic carbocycles. The van der Waals surface area contributed by atoms with Crippen LogP contribution < -0.4 is 15.4 Å². The number of nitrogens with one attached hydrogen (secondary N) is 2. The molecule has 8 nitrogen and oxygen atoms in total. The van der Waals surface area contributed by atoms with Crippen LogP contribution in [0.15, 0.2) is 42.6 Å². The van der Waals surface area contributed by atoms with Gasteiger partial charge in [0.1, 0.15) is 11.4 Å². The van der Waals surface area contributed by atoms with Crippen molar-refractivity contribution in [2.75, 3.05) is 19.5 Å². The minimum Gasteiger partial charge on any atom is -0.497 e. The van der Waals surface area contributed by atoms with Crippen molar-refractivity contribution in [3.05, 3.63) is 53.9 Å². The molecule has 2 heterocycles. The standard InChI is InChI=1S/C16H15N5O3/c1-17-16(23)19-13-9-21-14(18-13)7-6-12(20-21)15(22)10-4-3-5-11(8-10)24-2/h3-9H,1-2H3,(H2,17,19,23). The normalized spacial score (nSPS) is 10.4. The lowest BCUT2D eigenvalue weighted by molar-refractivity contribution is 0.103. The number of ketones is 1. The van der Waals surface area contributed by atoms with Crippen molar-refractivity contribution < 1.29 is 14.3 Å². The third-order valence-electron chi connectivity index (χ3n) is 3.35. The first kappa shape index (κ1) is 15.5. The zero-order chi connectivity index (χ0) is 17.1. The van der Waals surface area contributed by atoms with Gasteiger partial charge in [0.2, 0.25) is 5.78 Å². The van der Waals surface area contributed by atoms with E-state index in [9.17, 15) is 9.59 Å². The molecule has 0 saturated heterocycles. The van der Waals surface area contributed by atoms with Gasteiger partial charge in [-0.15, -0.1) is 0 Å². The topological polar surface area (TPSA) is 97.6 Å². The Hall–Kier alpha value is -3.42. The Kier molecular flexibility index (Phi) is 4.11. The number of carbonyl (C=O) groups is 2. The highest BCUT2D eigenvalue weighted by atomic mass is 16.5. The van der Waals surface area contributed by atoms with Crippen LogP contribution in [0, 0.1) is 0 Å². The summed E-state index contributed by atoms with van der Waals surface area (Å²) in [7, 11) is 3.05. The average molecular weight is 325 g/mol. The molecule has 0 unspecified atom stereocenters. The smallest absolute Gasteiger partial charge is 0.320 e. The molecule has 0 atom stereocenters. The molecule has 0 saturated carbocycles. The van der Waals surface area contributed by atoms with E-state index in [1.807, 2.05) is 0 Å². The number of hydrogen-bond acceptors (Lipinski definition) is 5. The highest BCUT2D eigenvalue weighted by Crippen LogP contribution is 2.16. The van der Waals surface area contributed by atoms with Gasteiger partial charge in [-0.3, -0.25) is 10.1 Å². The zero-order valence-corrected chi connectivity index (χ0v) is 13.1. The van der Waals surface area contributed by atoms with Gasteiger partial charge in [-0.2, -0.15) is 5.10 Å². The van der Waals surface area contributed by atoms with Crippen LogP contribution in [0.2, 0.25) is 0 Å². The summed E-state index contributed by atoms with van der Waals surface area (Å²) in [5, 5.41) is 9.24. The van der Waals surface area contributed by atoms with Crippen molar-refractivity contribution in [3.8, 4) is 5.75 Å². The Bertz CT molecular complexity index is 919. The van der Waals surface area contributed by atoms with Crippen LogP contribution in [-0.4, -0.2) is 40.6 Å². The van der Waals surface area contributed by atoms with Crippen LogP contribution in [0.25, 0.3) is 5.65 Å². The zero-order valence-electron chi connectivity index (χ0n) is 13.1. The lowest BCUT2D eigenvalue weighted by atomic mass is 10.1. The van der Waals surface area contributed by atoms with E-state index in [-0.39, 0.29) is 17.5 Å². The number of nitrogens with zero attached hydrogens (tertiary/aromatic N) is 3. The highest BCUT2D eigenvalue weighted by Gasteiger charge is 2.13. The molecule has 0 aliphatic heterocycles. The van der Waals surface area contributed by atoms with E-state index in [1.165, 1.54) is 17.8 Å². The van der Waals surface area contributed by atoms with Gasteiger partial charge in [0, 0.05) is 12.6 Å². The van der Waals surface area contributed by atoms with E-state index in [4.69, 9.17) is 4.74 Å². The molecule has 2 amide bonds. The molecular weight excluding hydrogens is 310 g/mol. The third kappa shape index (κ3) is 3.02. The van der Waals surface area contributed by atoms with Gasteiger partial charge in [0.25, 0.3) is 0 Å². The first-order chi connectivity index (χ1) is 11.6. The highest BCUT2D eigenvalue weighted by molar-refractivity contribution is 6.07. The maximum absolute atomic E-state index is 12.6. The van der Waals surface area contributed by atoms with E-state index in [2.05, 4.69) is 20.7 Å². The number of methoxy groups -OCH3 is 1. The summed E-state index contributed by atoms with van der Waals surface area (Å²) >= 11 is 0. The Labute approximate surface area is 137 Å². The first-order valence-electron chi connectivity index (χ1n) is 7.14. The molecular formula is C16H15N5O3. The van der Waals surface area contributed by atoms with Crippen molar-refractivity contribution in [2.24, 2.45) is 0 Å². The Morgan fingerprint density at radius 2 is 2.04 bits per heavy atom. The van der Waals surface area contributed by atoms with Crippen molar-refractivity contribution >= 4 is 23.3 Å². The molecule has 0 spiro atoms. The fourth-order valence-electron chi connectivity index (χ4n) is 2.15. The van der Waals surface area contributed by atoms with Gasteiger partial charge in [-0.25, -0.2) is 14.3 Å². The van der Waals surface area contributed by atoms with Gasteiger partial charge in [-0.05, 0) is 24.3 Å². The minimum atomic E-state index is -0.383. The number of imidazole rings is 1. The molecule has 3 aromatic rings. The molecule has 0 fully saturated rings. The van der Waals surface area contributed by atoms with Gasteiger partial charge in [-0.1, -0.05) is 12.1 Å². The number of benzene rings is 1. The molecule has 0 radical (unpaired) electrons. The number of amides is 2. The largest absolute Gasteiger partial charge is 0.497 e.